The van der Waals surface area contributed by atoms with Crippen molar-refractivity contribution in [3.05, 3.63) is 23.9 Å². The normalized spacial score (nSPS) is 16.0. The third-order valence-corrected chi connectivity index (χ3v) is 4.12. The maximum absolute atomic E-state index is 11.2. The third-order valence-electron chi connectivity index (χ3n) is 4.12. The second-order valence-corrected chi connectivity index (χ2v) is 6.42. The maximum atomic E-state index is 11.2. The van der Waals surface area contributed by atoms with E-state index >= 15 is 0 Å². The number of fused-ring (bicyclic) bond motifs is 1. The monoisotopic (exact) mass is 317 g/mol. The summed E-state index contributed by atoms with van der Waals surface area (Å²) < 4.78 is 12.0. The highest BCUT2D eigenvalue weighted by Crippen LogP contribution is 2.34. The Bertz CT molecular complexity index is 698. The molecule has 124 valence electrons. The molecule has 3 rings (SSSR count). The predicted molar refractivity (Wildman–Crippen MR) is 88.5 cm³/mol. The lowest BCUT2D eigenvalue weighted by Crippen LogP contribution is -2.19. The van der Waals surface area contributed by atoms with Gasteiger partial charge >= 0.3 is 5.97 Å². The standard InChI is InChI=1S/C18H23NO4/c1-11(2)22-13-8-15-14(10-16(19-15)18(20)21)17(9-13)23-12-6-4-3-5-7-12/h8-12,19H,3-7H2,1-2H3,(H,20,21). The van der Waals surface area contributed by atoms with Gasteiger partial charge in [0.1, 0.15) is 17.2 Å². The molecule has 5 nitrogen and oxygen atoms in total. The molecule has 0 unspecified atom stereocenters. The molecular weight excluding hydrogens is 294 g/mol. The quantitative estimate of drug-likeness (QED) is 0.859. The summed E-state index contributed by atoms with van der Waals surface area (Å²) in [5.74, 6) is 0.419. The van der Waals surface area contributed by atoms with Gasteiger partial charge in [-0.2, -0.15) is 0 Å². The molecule has 2 N–H and O–H groups in total. The van der Waals surface area contributed by atoms with Crippen LogP contribution >= 0.6 is 0 Å². The number of carbonyl (C=O) groups is 1. The van der Waals surface area contributed by atoms with Gasteiger partial charge in [0.15, 0.2) is 0 Å². The number of carboxylic acid groups (broad SMARTS) is 1. The molecule has 1 heterocycles. The molecule has 0 bridgehead atoms. The van der Waals surface area contributed by atoms with E-state index in [0.29, 0.717) is 11.5 Å². The highest BCUT2D eigenvalue weighted by Gasteiger charge is 2.19. The van der Waals surface area contributed by atoms with E-state index in [-0.39, 0.29) is 17.9 Å². The summed E-state index contributed by atoms with van der Waals surface area (Å²) in [4.78, 5) is 14.2. The first-order chi connectivity index (χ1) is 11.0. The lowest BCUT2D eigenvalue weighted by atomic mass is 9.98. The van der Waals surface area contributed by atoms with Gasteiger partial charge in [0.2, 0.25) is 0 Å². The average Bonchev–Trinajstić information content (AvgIpc) is 2.92. The first kappa shape index (κ1) is 15.7. The van der Waals surface area contributed by atoms with Crippen molar-refractivity contribution in [3.63, 3.8) is 0 Å². The van der Waals surface area contributed by atoms with Gasteiger partial charge in [-0.1, -0.05) is 6.42 Å². The van der Waals surface area contributed by atoms with E-state index < -0.39 is 5.97 Å². The Morgan fingerprint density at radius 2 is 1.96 bits per heavy atom. The largest absolute Gasteiger partial charge is 0.491 e. The van der Waals surface area contributed by atoms with Crippen LogP contribution in [-0.4, -0.2) is 28.3 Å². The molecule has 23 heavy (non-hydrogen) atoms. The first-order valence-electron chi connectivity index (χ1n) is 8.26. The van der Waals surface area contributed by atoms with Crippen LogP contribution in [-0.2, 0) is 0 Å². The van der Waals surface area contributed by atoms with Crippen molar-refractivity contribution in [3.8, 4) is 11.5 Å². The molecule has 0 atom stereocenters. The molecule has 1 aromatic heterocycles. The number of ether oxygens (including phenoxy) is 2. The van der Waals surface area contributed by atoms with Crippen LogP contribution in [0.5, 0.6) is 11.5 Å². The van der Waals surface area contributed by atoms with E-state index in [1.807, 2.05) is 26.0 Å². The van der Waals surface area contributed by atoms with E-state index in [0.717, 1.165) is 23.7 Å². The number of H-pyrrole nitrogens is 1. The molecule has 2 aromatic rings. The molecule has 1 aliphatic carbocycles. The van der Waals surface area contributed by atoms with Crippen LogP contribution in [0.2, 0.25) is 0 Å². The highest BCUT2D eigenvalue weighted by molar-refractivity contribution is 5.96. The molecule has 1 aliphatic rings. The lowest BCUT2D eigenvalue weighted by Gasteiger charge is -2.24. The summed E-state index contributed by atoms with van der Waals surface area (Å²) in [5, 5.41) is 10.0. The molecule has 1 saturated carbocycles. The highest BCUT2D eigenvalue weighted by atomic mass is 16.5. The number of hydrogen-bond acceptors (Lipinski definition) is 3. The van der Waals surface area contributed by atoms with Crippen molar-refractivity contribution in [1.29, 1.82) is 0 Å². The Morgan fingerprint density at radius 1 is 1.22 bits per heavy atom. The van der Waals surface area contributed by atoms with Gasteiger partial charge in [0.05, 0.1) is 17.7 Å². The average molecular weight is 317 g/mol. The number of aromatic carboxylic acids is 1. The zero-order valence-electron chi connectivity index (χ0n) is 13.6. The van der Waals surface area contributed by atoms with Crippen LogP contribution < -0.4 is 9.47 Å². The van der Waals surface area contributed by atoms with Crippen molar-refractivity contribution in [1.82, 2.24) is 4.98 Å². The van der Waals surface area contributed by atoms with Gasteiger partial charge in [-0.25, -0.2) is 4.79 Å². The number of benzene rings is 1. The van der Waals surface area contributed by atoms with Gasteiger partial charge in [0.25, 0.3) is 0 Å². The number of rotatable bonds is 5. The molecule has 5 heteroatoms. The minimum Gasteiger partial charge on any atom is -0.491 e. The summed E-state index contributed by atoms with van der Waals surface area (Å²) in [6.07, 6.45) is 5.97. The topological polar surface area (TPSA) is 71.6 Å². The fourth-order valence-electron chi connectivity index (χ4n) is 3.09. The molecule has 1 fully saturated rings. The predicted octanol–water partition coefficient (Wildman–Crippen LogP) is 4.36. The van der Waals surface area contributed by atoms with Gasteiger partial charge in [0, 0.05) is 17.5 Å². The van der Waals surface area contributed by atoms with Gasteiger partial charge in [-0.05, 0) is 45.6 Å². The summed E-state index contributed by atoms with van der Waals surface area (Å²) in [6, 6.07) is 5.33. The number of carboxylic acids is 1. The molecular formula is C18H23NO4. The maximum Gasteiger partial charge on any atom is 0.352 e. The second-order valence-electron chi connectivity index (χ2n) is 6.42. The summed E-state index contributed by atoms with van der Waals surface area (Å²) >= 11 is 0. The van der Waals surface area contributed by atoms with Gasteiger partial charge < -0.3 is 19.6 Å². The third kappa shape index (κ3) is 3.60. The summed E-state index contributed by atoms with van der Waals surface area (Å²) in [7, 11) is 0. The van der Waals surface area contributed by atoms with Crippen LogP contribution in [0.1, 0.15) is 56.4 Å². The van der Waals surface area contributed by atoms with E-state index in [1.54, 1.807) is 6.07 Å². The van der Waals surface area contributed by atoms with Crippen molar-refractivity contribution >= 4 is 16.9 Å². The Labute approximate surface area is 135 Å². The van der Waals surface area contributed by atoms with Crippen LogP contribution in [0.3, 0.4) is 0 Å². The van der Waals surface area contributed by atoms with Crippen molar-refractivity contribution in [2.45, 2.75) is 58.2 Å². The van der Waals surface area contributed by atoms with Crippen LogP contribution in [0.15, 0.2) is 18.2 Å². The van der Waals surface area contributed by atoms with Crippen molar-refractivity contribution < 1.29 is 19.4 Å². The Kier molecular flexibility index (Phi) is 4.46. The number of hydrogen-bond donors (Lipinski definition) is 2. The SMILES string of the molecule is CC(C)Oc1cc(OC2CCCCC2)c2cc(C(=O)O)[nH]c2c1. The number of nitrogens with one attached hydrogen (secondary N) is 1. The summed E-state index contributed by atoms with van der Waals surface area (Å²) in [5.41, 5.74) is 0.890. The molecule has 0 aliphatic heterocycles. The van der Waals surface area contributed by atoms with Gasteiger partial charge in [-0.15, -0.1) is 0 Å². The van der Waals surface area contributed by atoms with Crippen LogP contribution in [0.25, 0.3) is 10.9 Å². The molecule has 0 spiro atoms. The minimum atomic E-state index is -0.976. The van der Waals surface area contributed by atoms with E-state index in [2.05, 4.69) is 4.98 Å². The lowest BCUT2D eigenvalue weighted by molar-refractivity contribution is 0.0691. The fraction of sp³-hybridized carbons (Fsp3) is 0.500. The van der Waals surface area contributed by atoms with E-state index in [9.17, 15) is 9.90 Å². The summed E-state index contributed by atoms with van der Waals surface area (Å²) in [6.45, 7) is 3.92. The molecule has 0 amide bonds. The number of aromatic nitrogens is 1. The van der Waals surface area contributed by atoms with Crippen molar-refractivity contribution in [2.75, 3.05) is 0 Å². The Hall–Kier alpha value is -2.17. The minimum absolute atomic E-state index is 0.0453. The Balaban J connectivity index is 1.98. The van der Waals surface area contributed by atoms with Crippen LogP contribution in [0.4, 0.5) is 0 Å². The second kappa shape index (κ2) is 6.52. The zero-order chi connectivity index (χ0) is 16.4. The van der Waals surface area contributed by atoms with Gasteiger partial charge in [-0.3, -0.25) is 0 Å². The van der Waals surface area contributed by atoms with E-state index in [4.69, 9.17) is 9.47 Å². The first-order valence-corrected chi connectivity index (χ1v) is 8.26. The Morgan fingerprint density at radius 3 is 2.61 bits per heavy atom. The molecule has 0 saturated heterocycles. The van der Waals surface area contributed by atoms with E-state index in [1.165, 1.54) is 19.3 Å². The van der Waals surface area contributed by atoms with Crippen LogP contribution in [0, 0.1) is 0 Å². The van der Waals surface area contributed by atoms with Crippen molar-refractivity contribution in [2.24, 2.45) is 0 Å². The zero-order valence-corrected chi connectivity index (χ0v) is 13.6. The fourth-order valence-corrected chi connectivity index (χ4v) is 3.09. The molecule has 0 radical (unpaired) electrons. The number of aromatic amines is 1. The smallest absolute Gasteiger partial charge is 0.352 e. The molecule has 1 aromatic carbocycles.